The van der Waals surface area contributed by atoms with Crippen LogP contribution in [0.1, 0.15) is 6.92 Å². The Hall–Kier alpha value is -2.08. The Bertz CT molecular complexity index is 473. The number of benzene rings is 1. The monoisotopic (exact) mass is 236 g/mol. The van der Waals surface area contributed by atoms with Crippen LogP contribution in [0.2, 0.25) is 0 Å². The van der Waals surface area contributed by atoms with Crippen molar-refractivity contribution in [2.45, 2.75) is 13.0 Å². The van der Waals surface area contributed by atoms with E-state index < -0.39 is 18.6 Å². The maximum absolute atomic E-state index is 11.4. The average Bonchev–Trinajstić information content (AvgIpc) is 2.31. The normalized spacial score (nSPS) is 17.8. The van der Waals surface area contributed by atoms with E-state index in [0.717, 1.165) is 0 Å². The lowest BCUT2D eigenvalue weighted by molar-refractivity contribution is -0.122. The molecule has 6 nitrogen and oxygen atoms in total. The summed E-state index contributed by atoms with van der Waals surface area (Å²) in [6.45, 7) is 1.07. The van der Waals surface area contributed by atoms with E-state index in [4.69, 9.17) is 9.84 Å². The van der Waals surface area contributed by atoms with Gasteiger partial charge in [-0.05, 0) is 25.1 Å². The van der Waals surface area contributed by atoms with Gasteiger partial charge in [-0.2, -0.15) is 0 Å². The van der Waals surface area contributed by atoms with Gasteiger partial charge in [0.25, 0.3) is 5.91 Å². The molecule has 1 aromatic carbocycles. The molecular formula is C11H12N2O4. The van der Waals surface area contributed by atoms with Crippen molar-refractivity contribution in [2.24, 2.45) is 0 Å². The van der Waals surface area contributed by atoms with Gasteiger partial charge in [0, 0.05) is 5.69 Å². The predicted octanol–water partition coefficient (Wildman–Crippen LogP) is 0.337. The Morgan fingerprint density at radius 1 is 1.59 bits per heavy atom. The molecule has 17 heavy (non-hydrogen) atoms. The number of ether oxygens (including phenoxy) is 1. The fourth-order valence-electron chi connectivity index (χ4n) is 1.49. The van der Waals surface area contributed by atoms with Crippen molar-refractivity contribution in [1.82, 2.24) is 0 Å². The first-order valence-corrected chi connectivity index (χ1v) is 5.12. The molecule has 0 saturated carbocycles. The summed E-state index contributed by atoms with van der Waals surface area (Å²) in [7, 11) is 0. The van der Waals surface area contributed by atoms with Gasteiger partial charge >= 0.3 is 0 Å². The number of aliphatic hydroxyl groups excluding tert-OH is 1. The lowest BCUT2D eigenvalue weighted by Gasteiger charge is -2.23. The van der Waals surface area contributed by atoms with Crippen LogP contribution in [0.4, 0.5) is 11.4 Å². The van der Waals surface area contributed by atoms with Crippen molar-refractivity contribution in [1.29, 1.82) is 0 Å². The van der Waals surface area contributed by atoms with Crippen LogP contribution < -0.4 is 15.4 Å². The highest BCUT2D eigenvalue weighted by molar-refractivity contribution is 5.99. The highest BCUT2D eigenvalue weighted by atomic mass is 16.5. The third-order valence-electron chi connectivity index (χ3n) is 2.34. The van der Waals surface area contributed by atoms with Crippen molar-refractivity contribution >= 4 is 23.2 Å². The van der Waals surface area contributed by atoms with Gasteiger partial charge in [0.1, 0.15) is 12.4 Å². The summed E-state index contributed by atoms with van der Waals surface area (Å²) in [6.07, 6.45) is -0.527. The topological polar surface area (TPSA) is 87.7 Å². The van der Waals surface area contributed by atoms with E-state index in [-0.39, 0.29) is 5.91 Å². The molecule has 6 heteroatoms. The van der Waals surface area contributed by atoms with Crippen LogP contribution in [-0.2, 0) is 9.59 Å². The molecule has 3 N–H and O–H groups in total. The maximum Gasteiger partial charge on any atom is 0.265 e. The zero-order valence-electron chi connectivity index (χ0n) is 9.19. The third-order valence-corrected chi connectivity index (χ3v) is 2.34. The molecule has 0 fully saturated rings. The number of carbonyl (C=O) groups excluding carboxylic acids is 2. The number of nitrogens with one attached hydrogen (secondary N) is 2. The van der Waals surface area contributed by atoms with E-state index in [9.17, 15) is 9.59 Å². The van der Waals surface area contributed by atoms with Gasteiger partial charge < -0.3 is 20.5 Å². The predicted molar refractivity (Wildman–Crippen MR) is 60.9 cm³/mol. The summed E-state index contributed by atoms with van der Waals surface area (Å²) in [5.41, 5.74) is 0.991. The molecule has 1 unspecified atom stereocenters. The Balaban J connectivity index is 2.22. The van der Waals surface area contributed by atoms with E-state index in [2.05, 4.69) is 10.6 Å². The smallest absolute Gasteiger partial charge is 0.265 e. The van der Waals surface area contributed by atoms with Crippen molar-refractivity contribution in [3.05, 3.63) is 18.2 Å². The largest absolute Gasteiger partial charge is 0.479 e. The molecule has 0 aliphatic carbocycles. The Morgan fingerprint density at radius 2 is 2.35 bits per heavy atom. The fourth-order valence-corrected chi connectivity index (χ4v) is 1.49. The van der Waals surface area contributed by atoms with Crippen LogP contribution >= 0.6 is 0 Å². The molecule has 1 aliphatic heterocycles. The lowest BCUT2D eigenvalue weighted by Crippen LogP contribution is -2.34. The van der Waals surface area contributed by atoms with Gasteiger partial charge in [-0.15, -0.1) is 0 Å². The number of fused-ring (bicyclic) bond motifs is 1. The minimum atomic E-state index is -0.586. The lowest BCUT2D eigenvalue weighted by atomic mass is 10.2. The molecule has 1 aliphatic rings. The zero-order chi connectivity index (χ0) is 12.4. The minimum Gasteiger partial charge on any atom is -0.479 e. The Labute approximate surface area is 97.6 Å². The number of aliphatic hydroxyl groups is 1. The first-order chi connectivity index (χ1) is 8.10. The highest BCUT2D eigenvalue weighted by Gasteiger charge is 2.23. The van der Waals surface area contributed by atoms with Crippen LogP contribution in [-0.4, -0.2) is 29.6 Å². The zero-order valence-corrected chi connectivity index (χ0v) is 9.19. The molecule has 0 bridgehead atoms. The molecule has 1 heterocycles. The minimum absolute atomic E-state index is 0.233. The third kappa shape index (κ3) is 2.36. The molecule has 0 spiro atoms. The van der Waals surface area contributed by atoms with Crippen LogP contribution in [0.15, 0.2) is 18.2 Å². The van der Waals surface area contributed by atoms with E-state index in [0.29, 0.717) is 17.1 Å². The second-order valence-electron chi connectivity index (χ2n) is 3.67. The molecule has 0 saturated heterocycles. The van der Waals surface area contributed by atoms with Crippen LogP contribution in [0.5, 0.6) is 5.75 Å². The number of rotatable bonds is 2. The SMILES string of the molecule is CC1Oc2ccc(NC(=O)CO)cc2NC1=O. The van der Waals surface area contributed by atoms with Crippen LogP contribution in [0.25, 0.3) is 0 Å². The van der Waals surface area contributed by atoms with Gasteiger partial charge in [-0.25, -0.2) is 0 Å². The number of amides is 2. The van der Waals surface area contributed by atoms with Crippen molar-refractivity contribution < 1.29 is 19.4 Å². The molecule has 0 aromatic heterocycles. The van der Waals surface area contributed by atoms with Gasteiger partial charge in [0.2, 0.25) is 5.91 Å². The molecule has 2 rings (SSSR count). The van der Waals surface area contributed by atoms with Crippen molar-refractivity contribution in [3.63, 3.8) is 0 Å². The first kappa shape index (κ1) is 11.4. The fraction of sp³-hybridized carbons (Fsp3) is 0.273. The highest BCUT2D eigenvalue weighted by Crippen LogP contribution is 2.31. The molecular weight excluding hydrogens is 224 g/mol. The van der Waals surface area contributed by atoms with Crippen LogP contribution in [0.3, 0.4) is 0 Å². The first-order valence-electron chi connectivity index (χ1n) is 5.12. The summed E-state index contributed by atoms with van der Waals surface area (Å²) in [4.78, 5) is 22.4. The summed E-state index contributed by atoms with van der Waals surface area (Å²) in [5, 5.41) is 13.7. The molecule has 1 atom stereocenters. The van der Waals surface area contributed by atoms with E-state index in [1.54, 1.807) is 25.1 Å². The summed E-state index contributed by atoms with van der Waals surface area (Å²) < 4.78 is 5.36. The molecule has 2 amide bonds. The van der Waals surface area contributed by atoms with E-state index in [1.165, 1.54) is 0 Å². The molecule has 1 aromatic rings. The molecule has 0 radical (unpaired) electrons. The quantitative estimate of drug-likeness (QED) is 0.690. The standard InChI is InChI=1S/C11H12N2O4/c1-6-11(16)13-8-4-7(12-10(15)5-14)2-3-9(8)17-6/h2-4,6,14H,5H2,1H3,(H,12,15)(H,13,16). The Morgan fingerprint density at radius 3 is 3.06 bits per heavy atom. The average molecular weight is 236 g/mol. The number of hydrogen-bond acceptors (Lipinski definition) is 4. The number of anilines is 2. The van der Waals surface area contributed by atoms with Crippen molar-refractivity contribution in [2.75, 3.05) is 17.2 Å². The van der Waals surface area contributed by atoms with E-state index >= 15 is 0 Å². The summed E-state index contributed by atoms with van der Waals surface area (Å²) in [6, 6.07) is 4.86. The maximum atomic E-state index is 11.4. The number of hydrogen-bond donors (Lipinski definition) is 3. The second-order valence-corrected chi connectivity index (χ2v) is 3.67. The number of carbonyl (C=O) groups is 2. The second kappa shape index (κ2) is 4.42. The summed E-state index contributed by atoms with van der Waals surface area (Å²) >= 11 is 0. The summed E-state index contributed by atoms with van der Waals surface area (Å²) in [5.74, 6) is -0.191. The van der Waals surface area contributed by atoms with Crippen molar-refractivity contribution in [3.8, 4) is 5.75 Å². The van der Waals surface area contributed by atoms with Gasteiger partial charge in [0.05, 0.1) is 5.69 Å². The van der Waals surface area contributed by atoms with Crippen LogP contribution in [0, 0.1) is 0 Å². The van der Waals surface area contributed by atoms with Gasteiger partial charge in [-0.1, -0.05) is 0 Å². The molecule has 90 valence electrons. The van der Waals surface area contributed by atoms with Gasteiger partial charge in [0.15, 0.2) is 6.10 Å². The van der Waals surface area contributed by atoms with E-state index in [1.807, 2.05) is 0 Å². The Kier molecular flexibility index (Phi) is 2.97. The van der Waals surface area contributed by atoms with Gasteiger partial charge in [-0.3, -0.25) is 9.59 Å².